The first kappa shape index (κ1) is 21.1. The molecule has 0 bridgehead atoms. The quantitative estimate of drug-likeness (QED) is 0.704. The van der Waals surface area contributed by atoms with Crippen LogP contribution in [0.4, 0.5) is 4.79 Å². The van der Waals surface area contributed by atoms with Gasteiger partial charge < -0.3 is 5.32 Å². The minimum atomic E-state index is -1.17. The largest absolute Gasteiger partial charge is 0.344 e. The molecule has 2 aromatic carbocycles. The zero-order valence-corrected chi connectivity index (χ0v) is 17.9. The van der Waals surface area contributed by atoms with Crippen molar-refractivity contribution in [1.82, 2.24) is 20.7 Å². The third kappa shape index (κ3) is 3.81. The number of hydrazine groups is 1. The molecule has 2 N–H and O–H groups in total. The maximum absolute atomic E-state index is 13.2. The summed E-state index contributed by atoms with van der Waals surface area (Å²) in [5.41, 5.74) is 4.61. The summed E-state index contributed by atoms with van der Waals surface area (Å²) < 4.78 is 0. The van der Waals surface area contributed by atoms with Crippen LogP contribution in [0.1, 0.15) is 48.9 Å². The second-order valence-corrected chi connectivity index (χ2v) is 8.25. The zero-order chi connectivity index (χ0) is 22.0. The molecule has 7 nitrogen and oxygen atoms in total. The van der Waals surface area contributed by atoms with Crippen molar-refractivity contribution >= 4 is 17.8 Å². The van der Waals surface area contributed by atoms with E-state index in [1.54, 1.807) is 12.1 Å². The molecule has 0 saturated carbocycles. The molecule has 31 heavy (non-hydrogen) atoms. The van der Waals surface area contributed by atoms with E-state index < -0.39 is 23.4 Å². The van der Waals surface area contributed by atoms with Gasteiger partial charge >= 0.3 is 6.03 Å². The van der Waals surface area contributed by atoms with Crippen LogP contribution >= 0.6 is 0 Å². The Morgan fingerprint density at radius 3 is 2.61 bits per heavy atom. The van der Waals surface area contributed by atoms with E-state index in [0.29, 0.717) is 12.0 Å². The summed E-state index contributed by atoms with van der Waals surface area (Å²) in [6.45, 7) is 1.92. The molecule has 162 valence electrons. The standard InChI is InChI=1S/C24H28N4O3/c1-3-24(18-12-5-4-6-13-18)22(30)28(23(31)25-24)26-21(29)16-27(2)20-15-9-11-17-10-7-8-14-19(17)20/h4-8,10,12-14,20H,3,9,11,15-16H2,1-2H3,(H,25,31)(H,26,29)/t20-,24-/m0/s1. The average molecular weight is 421 g/mol. The summed E-state index contributed by atoms with van der Waals surface area (Å²) in [7, 11) is 1.90. The molecular formula is C24H28N4O3. The smallest absolute Gasteiger partial charge is 0.318 e. The number of carbonyl (C=O) groups excluding carboxylic acids is 3. The number of nitrogens with one attached hydrogen (secondary N) is 2. The van der Waals surface area contributed by atoms with Crippen LogP contribution < -0.4 is 10.7 Å². The highest BCUT2D eigenvalue weighted by molar-refractivity contribution is 6.08. The van der Waals surface area contributed by atoms with Gasteiger partial charge in [-0.15, -0.1) is 0 Å². The SMILES string of the molecule is CC[C@@]1(c2ccccc2)NC(=O)N(NC(=O)CN(C)[C@H]2CCCc3ccccc32)C1=O. The van der Waals surface area contributed by atoms with E-state index in [2.05, 4.69) is 22.9 Å². The number of carbonyl (C=O) groups is 3. The van der Waals surface area contributed by atoms with Crippen LogP contribution in [-0.2, 0) is 21.5 Å². The molecule has 0 spiro atoms. The number of hydrogen-bond acceptors (Lipinski definition) is 4. The first-order valence-corrected chi connectivity index (χ1v) is 10.8. The van der Waals surface area contributed by atoms with Gasteiger partial charge in [0, 0.05) is 6.04 Å². The molecular weight excluding hydrogens is 392 g/mol. The second kappa shape index (κ2) is 8.51. The molecule has 1 heterocycles. The van der Waals surface area contributed by atoms with Crippen molar-refractivity contribution in [3.8, 4) is 0 Å². The Labute approximate surface area is 182 Å². The Morgan fingerprint density at radius 1 is 1.16 bits per heavy atom. The molecule has 1 aliphatic carbocycles. The fraction of sp³-hybridized carbons (Fsp3) is 0.375. The maximum atomic E-state index is 13.2. The van der Waals surface area contributed by atoms with Gasteiger partial charge in [-0.3, -0.25) is 19.9 Å². The van der Waals surface area contributed by atoms with Crippen molar-refractivity contribution < 1.29 is 14.4 Å². The van der Waals surface area contributed by atoms with Gasteiger partial charge in [-0.2, -0.15) is 5.01 Å². The lowest BCUT2D eigenvalue weighted by Gasteiger charge is -2.33. The van der Waals surface area contributed by atoms with Crippen molar-refractivity contribution in [2.24, 2.45) is 0 Å². The van der Waals surface area contributed by atoms with Crippen molar-refractivity contribution in [3.63, 3.8) is 0 Å². The predicted octanol–water partition coefficient (Wildman–Crippen LogP) is 2.88. The van der Waals surface area contributed by atoms with Gasteiger partial charge in [0.15, 0.2) is 0 Å². The van der Waals surface area contributed by atoms with Crippen molar-refractivity contribution in [1.29, 1.82) is 0 Å². The normalized spacial score (nSPS) is 22.9. The molecule has 0 aromatic heterocycles. The highest BCUT2D eigenvalue weighted by Crippen LogP contribution is 2.34. The Bertz CT molecular complexity index is 993. The number of imide groups is 1. The summed E-state index contributed by atoms with van der Waals surface area (Å²) >= 11 is 0. The van der Waals surface area contributed by atoms with Crippen LogP contribution in [0.15, 0.2) is 54.6 Å². The van der Waals surface area contributed by atoms with Gasteiger partial charge in [0.05, 0.1) is 6.54 Å². The molecule has 0 unspecified atom stereocenters. The fourth-order valence-corrected chi connectivity index (χ4v) is 4.72. The third-order valence-electron chi connectivity index (χ3n) is 6.39. The summed E-state index contributed by atoms with van der Waals surface area (Å²) in [6, 6.07) is 16.9. The number of nitrogens with zero attached hydrogens (tertiary/aromatic N) is 2. The number of hydrogen-bond donors (Lipinski definition) is 2. The number of rotatable bonds is 6. The third-order valence-corrected chi connectivity index (χ3v) is 6.39. The first-order chi connectivity index (χ1) is 15.0. The van der Waals surface area contributed by atoms with E-state index in [0.717, 1.165) is 24.3 Å². The number of aryl methyl sites for hydroxylation is 1. The lowest BCUT2D eigenvalue weighted by Crippen LogP contribution is -2.51. The number of amides is 4. The lowest BCUT2D eigenvalue weighted by molar-refractivity contribution is -0.140. The van der Waals surface area contributed by atoms with Gasteiger partial charge in [-0.05, 0) is 49.4 Å². The fourth-order valence-electron chi connectivity index (χ4n) is 4.72. The van der Waals surface area contributed by atoms with Gasteiger partial charge in [0.25, 0.3) is 11.8 Å². The maximum Gasteiger partial charge on any atom is 0.344 e. The highest BCUT2D eigenvalue weighted by atomic mass is 16.2. The van der Waals surface area contributed by atoms with E-state index in [1.807, 2.05) is 49.2 Å². The summed E-state index contributed by atoms with van der Waals surface area (Å²) in [5, 5.41) is 3.60. The lowest BCUT2D eigenvalue weighted by atomic mass is 9.87. The molecule has 0 radical (unpaired) electrons. The Morgan fingerprint density at radius 2 is 1.87 bits per heavy atom. The van der Waals surface area contributed by atoms with E-state index >= 15 is 0 Å². The van der Waals surface area contributed by atoms with Gasteiger partial charge in [0.1, 0.15) is 5.54 Å². The first-order valence-electron chi connectivity index (χ1n) is 10.8. The van der Waals surface area contributed by atoms with E-state index in [4.69, 9.17) is 0 Å². The minimum Gasteiger partial charge on any atom is -0.318 e. The van der Waals surface area contributed by atoms with Crippen LogP contribution in [0, 0.1) is 0 Å². The van der Waals surface area contributed by atoms with Gasteiger partial charge in [0.2, 0.25) is 0 Å². The molecule has 7 heteroatoms. The number of likely N-dealkylation sites (N-methyl/N-ethyl adjacent to an activating group) is 1. The monoisotopic (exact) mass is 420 g/mol. The molecule has 4 amide bonds. The topological polar surface area (TPSA) is 81.8 Å². The van der Waals surface area contributed by atoms with Crippen molar-refractivity contribution in [2.75, 3.05) is 13.6 Å². The van der Waals surface area contributed by atoms with E-state index in [1.165, 1.54) is 11.1 Å². The minimum absolute atomic E-state index is 0.0839. The van der Waals surface area contributed by atoms with E-state index in [9.17, 15) is 14.4 Å². The van der Waals surface area contributed by atoms with Crippen molar-refractivity contribution in [3.05, 3.63) is 71.3 Å². The molecule has 1 fully saturated rings. The Balaban J connectivity index is 1.46. The molecule has 1 saturated heterocycles. The average Bonchev–Trinajstić information content (AvgIpc) is 3.04. The molecule has 2 atom stereocenters. The summed E-state index contributed by atoms with van der Waals surface area (Å²) in [6.07, 6.45) is 3.47. The molecule has 2 aliphatic rings. The summed E-state index contributed by atoms with van der Waals surface area (Å²) in [5.74, 6) is -0.862. The van der Waals surface area contributed by atoms with Crippen LogP contribution in [-0.4, -0.2) is 41.3 Å². The highest BCUT2D eigenvalue weighted by Gasteiger charge is 2.52. The number of benzene rings is 2. The Kier molecular flexibility index (Phi) is 5.78. The zero-order valence-electron chi connectivity index (χ0n) is 17.9. The van der Waals surface area contributed by atoms with E-state index in [-0.39, 0.29) is 12.6 Å². The predicted molar refractivity (Wildman–Crippen MR) is 117 cm³/mol. The molecule has 4 rings (SSSR count). The second-order valence-electron chi connectivity index (χ2n) is 8.25. The summed E-state index contributed by atoms with van der Waals surface area (Å²) in [4.78, 5) is 40.5. The number of fused-ring (bicyclic) bond motifs is 1. The Hall–Kier alpha value is -3.19. The van der Waals surface area contributed by atoms with Crippen molar-refractivity contribution in [2.45, 2.75) is 44.2 Å². The molecule has 2 aromatic rings. The molecule has 1 aliphatic heterocycles. The van der Waals surface area contributed by atoms with Gasteiger partial charge in [-0.25, -0.2) is 4.79 Å². The van der Waals surface area contributed by atoms with Crippen LogP contribution in [0.3, 0.4) is 0 Å². The number of urea groups is 1. The van der Waals surface area contributed by atoms with Crippen LogP contribution in [0.2, 0.25) is 0 Å². The van der Waals surface area contributed by atoms with Crippen LogP contribution in [0.25, 0.3) is 0 Å². The van der Waals surface area contributed by atoms with Gasteiger partial charge in [-0.1, -0.05) is 61.5 Å². The van der Waals surface area contributed by atoms with Crippen LogP contribution in [0.5, 0.6) is 0 Å².